The molecule has 0 saturated carbocycles. The molecule has 1 heterocycles. The molecule has 2 aromatic carbocycles. The number of fused-ring (bicyclic) bond motifs is 1. The monoisotopic (exact) mass is 418 g/mol. The molecule has 1 aliphatic carbocycles. The Hall–Kier alpha value is -3.87. The number of nitrogens with one attached hydrogen (secondary N) is 2. The highest BCUT2D eigenvalue weighted by molar-refractivity contribution is 6.07. The number of aromatic amines is 1. The van der Waals surface area contributed by atoms with E-state index < -0.39 is 11.5 Å². The fourth-order valence-electron chi connectivity index (χ4n) is 3.84. The summed E-state index contributed by atoms with van der Waals surface area (Å²) in [6.45, 7) is 0. The lowest BCUT2D eigenvalue weighted by Crippen LogP contribution is -2.29. The molecule has 0 bridgehead atoms. The van der Waals surface area contributed by atoms with Crippen molar-refractivity contribution in [2.75, 3.05) is 19.5 Å². The van der Waals surface area contributed by atoms with E-state index in [-0.39, 0.29) is 17.3 Å². The topological polar surface area (TPSA) is 97.5 Å². The van der Waals surface area contributed by atoms with Gasteiger partial charge in [-0.15, -0.1) is 0 Å². The molecule has 0 saturated heterocycles. The molecule has 0 unspecified atom stereocenters. The molecule has 0 spiro atoms. The minimum Gasteiger partial charge on any atom is -0.497 e. The van der Waals surface area contributed by atoms with E-state index in [9.17, 15) is 14.4 Å². The molecule has 7 heteroatoms. The van der Waals surface area contributed by atoms with Gasteiger partial charge in [0.15, 0.2) is 5.78 Å². The van der Waals surface area contributed by atoms with Gasteiger partial charge in [-0.1, -0.05) is 30.3 Å². The van der Waals surface area contributed by atoms with Crippen LogP contribution in [0.15, 0.2) is 59.4 Å². The van der Waals surface area contributed by atoms with Crippen molar-refractivity contribution in [3.8, 4) is 11.5 Å². The second kappa shape index (κ2) is 8.47. The van der Waals surface area contributed by atoms with Crippen molar-refractivity contribution in [1.29, 1.82) is 0 Å². The Morgan fingerprint density at radius 1 is 0.968 bits per heavy atom. The number of hydrogen-bond acceptors (Lipinski definition) is 5. The fourth-order valence-corrected chi connectivity index (χ4v) is 3.84. The number of pyridine rings is 1. The van der Waals surface area contributed by atoms with Crippen molar-refractivity contribution in [2.45, 2.75) is 18.8 Å². The first kappa shape index (κ1) is 20.4. The number of anilines is 1. The predicted molar refractivity (Wildman–Crippen MR) is 116 cm³/mol. The molecule has 0 fully saturated rings. The number of H-pyrrole nitrogens is 1. The number of carbonyl (C=O) groups excluding carboxylic acids is 2. The van der Waals surface area contributed by atoms with Crippen LogP contribution in [0.25, 0.3) is 0 Å². The molecule has 7 nitrogen and oxygen atoms in total. The van der Waals surface area contributed by atoms with Crippen LogP contribution in [0.1, 0.15) is 44.3 Å². The number of rotatable bonds is 5. The lowest BCUT2D eigenvalue weighted by atomic mass is 9.81. The third-order valence-corrected chi connectivity index (χ3v) is 5.43. The first-order valence-electron chi connectivity index (χ1n) is 9.87. The molecule has 2 N–H and O–H groups in total. The number of amides is 1. The van der Waals surface area contributed by atoms with E-state index in [0.717, 1.165) is 5.56 Å². The van der Waals surface area contributed by atoms with Crippen molar-refractivity contribution in [3.05, 3.63) is 87.3 Å². The van der Waals surface area contributed by atoms with Gasteiger partial charge in [0.1, 0.15) is 17.1 Å². The van der Waals surface area contributed by atoms with Crippen molar-refractivity contribution in [2.24, 2.45) is 0 Å². The Labute approximate surface area is 179 Å². The summed E-state index contributed by atoms with van der Waals surface area (Å²) >= 11 is 0. The van der Waals surface area contributed by atoms with Gasteiger partial charge in [0, 0.05) is 41.6 Å². The highest BCUT2D eigenvalue weighted by Crippen LogP contribution is 2.31. The molecule has 158 valence electrons. The Bertz CT molecular complexity index is 1180. The van der Waals surface area contributed by atoms with Crippen LogP contribution in [-0.2, 0) is 6.42 Å². The van der Waals surface area contributed by atoms with Gasteiger partial charge in [-0.3, -0.25) is 14.4 Å². The van der Waals surface area contributed by atoms with Crippen LogP contribution < -0.4 is 20.3 Å². The molecule has 1 aromatic heterocycles. The van der Waals surface area contributed by atoms with Gasteiger partial charge in [0.25, 0.3) is 11.5 Å². The van der Waals surface area contributed by atoms with Gasteiger partial charge < -0.3 is 19.8 Å². The molecule has 0 radical (unpaired) electrons. The SMILES string of the molecule is COc1cc(NC(=O)c2cc3c([nH]c2=O)C[C@@H](c2ccccc2)CC3=O)cc(OC)c1. The summed E-state index contributed by atoms with van der Waals surface area (Å²) < 4.78 is 10.4. The Balaban J connectivity index is 1.62. The van der Waals surface area contributed by atoms with Gasteiger partial charge in [0.2, 0.25) is 0 Å². The van der Waals surface area contributed by atoms with Gasteiger partial charge in [-0.2, -0.15) is 0 Å². The third kappa shape index (κ3) is 4.21. The van der Waals surface area contributed by atoms with Gasteiger partial charge in [-0.05, 0) is 24.0 Å². The first-order chi connectivity index (χ1) is 15.0. The first-order valence-corrected chi connectivity index (χ1v) is 9.87. The Kier molecular flexibility index (Phi) is 5.58. The summed E-state index contributed by atoms with van der Waals surface area (Å²) in [5.74, 6) is 0.286. The van der Waals surface area contributed by atoms with Crippen LogP contribution in [0.2, 0.25) is 0 Å². The maximum atomic E-state index is 12.8. The zero-order valence-electron chi connectivity index (χ0n) is 17.2. The molecule has 1 aliphatic rings. The van der Waals surface area contributed by atoms with Crippen LogP contribution in [0.3, 0.4) is 0 Å². The van der Waals surface area contributed by atoms with Crippen molar-refractivity contribution >= 4 is 17.4 Å². The number of ether oxygens (including phenoxy) is 2. The number of methoxy groups -OCH3 is 2. The van der Waals surface area contributed by atoms with Gasteiger partial charge >= 0.3 is 0 Å². The zero-order chi connectivity index (χ0) is 22.0. The van der Waals surface area contributed by atoms with Crippen LogP contribution in [0.4, 0.5) is 5.69 Å². The summed E-state index contributed by atoms with van der Waals surface area (Å²) in [6.07, 6.45) is 0.868. The number of benzene rings is 2. The van der Waals surface area contributed by atoms with E-state index >= 15 is 0 Å². The van der Waals surface area contributed by atoms with Crippen LogP contribution >= 0.6 is 0 Å². The van der Waals surface area contributed by atoms with Crippen LogP contribution in [0.5, 0.6) is 11.5 Å². The predicted octanol–water partition coefficient (Wildman–Crippen LogP) is 3.56. The number of aromatic nitrogens is 1. The lowest BCUT2D eigenvalue weighted by Gasteiger charge is -2.24. The highest BCUT2D eigenvalue weighted by atomic mass is 16.5. The molecular weight excluding hydrogens is 396 g/mol. The second-order valence-electron chi connectivity index (χ2n) is 7.40. The quantitative estimate of drug-likeness (QED) is 0.660. The molecule has 4 rings (SSSR count). The van der Waals surface area contributed by atoms with Gasteiger partial charge in [-0.25, -0.2) is 0 Å². The summed E-state index contributed by atoms with van der Waals surface area (Å²) in [6, 6.07) is 16.0. The Morgan fingerprint density at radius 2 is 1.65 bits per heavy atom. The Morgan fingerprint density at radius 3 is 2.29 bits per heavy atom. The summed E-state index contributed by atoms with van der Waals surface area (Å²) in [4.78, 5) is 41.0. The minimum atomic E-state index is -0.614. The average Bonchev–Trinajstić information content (AvgIpc) is 2.78. The van der Waals surface area contributed by atoms with E-state index in [1.165, 1.54) is 20.3 Å². The van der Waals surface area contributed by atoms with E-state index in [4.69, 9.17) is 9.47 Å². The van der Waals surface area contributed by atoms with Crippen molar-refractivity contribution in [1.82, 2.24) is 4.98 Å². The van der Waals surface area contributed by atoms with Crippen molar-refractivity contribution in [3.63, 3.8) is 0 Å². The molecule has 0 aliphatic heterocycles. The normalized spacial score (nSPS) is 15.2. The third-order valence-electron chi connectivity index (χ3n) is 5.43. The number of Topliss-reactive ketones (excluding diaryl/α,β-unsaturated/α-hetero) is 1. The number of carbonyl (C=O) groups is 2. The maximum absolute atomic E-state index is 12.8. The standard InChI is InChI=1S/C24H22N2O5/c1-30-17-10-16(11-18(12-17)31-2)25-23(28)20-13-19-21(26-24(20)29)8-15(9-22(19)27)14-6-4-3-5-7-14/h3-7,10-13,15H,8-9H2,1-2H3,(H,25,28)(H,26,29)/t15-/m1/s1. The lowest BCUT2D eigenvalue weighted by molar-refractivity contribution is 0.0963. The molecule has 31 heavy (non-hydrogen) atoms. The van der Waals surface area contributed by atoms with Crippen LogP contribution in [-0.4, -0.2) is 30.9 Å². The average molecular weight is 418 g/mol. The summed E-state index contributed by atoms with van der Waals surface area (Å²) in [5.41, 5.74) is 1.76. The maximum Gasteiger partial charge on any atom is 0.261 e. The highest BCUT2D eigenvalue weighted by Gasteiger charge is 2.28. The molecule has 3 aromatic rings. The van der Waals surface area contributed by atoms with Gasteiger partial charge in [0.05, 0.1) is 14.2 Å². The van der Waals surface area contributed by atoms with E-state index in [1.807, 2.05) is 30.3 Å². The second-order valence-corrected chi connectivity index (χ2v) is 7.40. The summed E-state index contributed by atoms with van der Waals surface area (Å²) in [5, 5.41) is 2.67. The van der Waals surface area contributed by atoms with E-state index in [2.05, 4.69) is 10.3 Å². The van der Waals surface area contributed by atoms with E-state index in [0.29, 0.717) is 41.3 Å². The largest absolute Gasteiger partial charge is 0.497 e. The molecule has 1 amide bonds. The minimum absolute atomic E-state index is 0.000718. The molecule has 1 atom stereocenters. The van der Waals surface area contributed by atoms with E-state index in [1.54, 1.807) is 18.2 Å². The summed E-state index contributed by atoms with van der Waals surface area (Å²) in [7, 11) is 3.01. The number of ketones is 1. The van der Waals surface area contributed by atoms with Crippen molar-refractivity contribution < 1.29 is 19.1 Å². The van der Waals surface area contributed by atoms with Crippen LogP contribution in [0, 0.1) is 0 Å². The smallest absolute Gasteiger partial charge is 0.261 e. The fraction of sp³-hybridized carbons (Fsp3) is 0.208. The number of hydrogen-bond donors (Lipinski definition) is 2. The zero-order valence-corrected chi connectivity index (χ0v) is 17.2. The molecular formula is C24H22N2O5.